The number of benzene rings is 2. The normalized spacial score (nSPS) is 16.1. The smallest absolute Gasteiger partial charge is 0.231 e. The third-order valence-corrected chi connectivity index (χ3v) is 3.76. The van der Waals surface area contributed by atoms with E-state index in [4.69, 9.17) is 15.2 Å². The van der Waals surface area contributed by atoms with Crippen LogP contribution in [-0.4, -0.2) is 25.7 Å². The van der Waals surface area contributed by atoms with Crippen LogP contribution in [0.2, 0.25) is 0 Å². The minimum absolute atomic E-state index is 0.0323. The summed E-state index contributed by atoms with van der Waals surface area (Å²) in [6, 6.07) is 15.1. The SMILES string of the molecule is NCCOc1ccc(NC(=O)C2COc3ccccc3C2)cc1. The van der Waals surface area contributed by atoms with E-state index >= 15 is 0 Å². The van der Waals surface area contributed by atoms with Crippen LogP contribution in [-0.2, 0) is 11.2 Å². The lowest BCUT2D eigenvalue weighted by atomic mass is 9.96. The molecule has 23 heavy (non-hydrogen) atoms. The fraction of sp³-hybridized carbons (Fsp3) is 0.278. The second-order valence-electron chi connectivity index (χ2n) is 5.47. The van der Waals surface area contributed by atoms with Gasteiger partial charge >= 0.3 is 0 Å². The molecule has 1 atom stereocenters. The van der Waals surface area contributed by atoms with Crippen molar-refractivity contribution in [3.8, 4) is 11.5 Å². The van der Waals surface area contributed by atoms with Gasteiger partial charge < -0.3 is 20.5 Å². The fourth-order valence-corrected chi connectivity index (χ4v) is 2.55. The zero-order valence-corrected chi connectivity index (χ0v) is 12.8. The van der Waals surface area contributed by atoms with E-state index in [1.807, 2.05) is 48.5 Å². The maximum Gasteiger partial charge on any atom is 0.231 e. The van der Waals surface area contributed by atoms with E-state index in [-0.39, 0.29) is 11.8 Å². The van der Waals surface area contributed by atoms with Crippen molar-refractivity contribution in [3.63, 3.8) is 0 Å². The number of carbonyl (C=O) groups is 1. The predicted octanol–water partition coefficient (Wildman–Crippen LogP) is 2.21. The van der Waals surface area contributed by atoms with Gasteiger partial charge in [-0.25, -0.2) is 0 Å². The van der Waals surface area contributed by atoms with Crippen LogP contribution in [0.1, 0.15) is 5.56 Å². The van der Waals surface area contributed by atoms with Crippen LogP contribution < -0.4 is 20.5 Å². The van der Waals surface area contributed by atoms with Crippen molar-refractivity contribution in [2.24, 2.45) is 11.7 Å². The van der Waals surface area contributed by atoms with E-state index in [1.165, 1.54) is 0 Å². The van der Waals surface area contributed by atoms with Crippen molar-refractivity contribution in [1.82, 2.24) is 0 Å². The molecule has 1 amide bonds. The molecule has 120 valence electrons. The number of anilines is 1. The van der Waals surface area contributed by atoms with Gasteiger partial charge in [0.15, 0.2) is 0 Å². The van der Waals surface area contributed by atoms with Gasteiger partial charge in [-0.3, -0.25) is 4.79 Å². The molecule has 1 heterocycles. The first kappa shape index (κ1) is 15.4. The van der Waals surface area contributed by atoms with Gasteiger partial charge in [0.2, 0.25) is 5.91 Å². The van der Waals surface area contributed by atoms with Gasteiger partial charge in [0, 0.05) is 12.2 Å². The Bertz CT molecular complexity index is 670. The Kier molecular flexibility index (Phi) is 4.78. The largest absolute Gasteiger partial charge is 0.492 e. The summed E-state index contributed by atoms with van der Waals surface area (Å²) in [4.78, 5) is 12.4. The number of hydrogen-bond donors (Lipinski definition) is 2. The molecule has 0 saturated heterocycles. The Hall–Kier alpha value is -2.53. The Morgan fingerprint density at radius 2 is 2.00 bits per heavy atom. The second-order valence-corrected chi connectivity index (χ2v) is 5.47. The molecular weight excluding hydrogens is 292 g/mol. The molecule has 2 aromatic carbocycles. The van der Waals surface area contributed by atoms with Gasteiger partial charge in [0.1, 0.15) is 24.7 Å². The van der Waals surface area contributed by atoms with Crippen LogP contribution in [0.25, 0.3) is 0 Å². The molecule has 1 unspecified atom stereocenters. The molecule has 3 rings (SSSR count). The number of hydrogen-bond acceptors (Lipinski definition) is 4. The standard InChI is InChI=1S/C18H20N2O3/c19-9-10-22-16-7-5-15(6-8-16)20-18(21)14-11-13-3-1-2-4-17(13)23-12-14/h1-8,14H,9-12,19H2,(H,20,21). The highest BCUT2D eigenvalue weighted by molar-refractivity contribution is 5.93. The monoisotopic (exact) mass is 312 g/mol. The predicted molar refractivity (Wildman–Crippen MR) is 88.8 cm³/mol. The molecule has 1 aliphatic rings. The minimum Gasteiger partial charge on any atom is -0.492 e. The van der Waals surface area contributed by atoms with Crippen LogP contribution >= 0.6 is 0 Å². The van der Waals surface area contributed by atoms with E-state index in [1.54, 1.807) is 0 Å². The van der Waals surface area contributed by atoms with Gasteiger partial charge in [-0.1, -0.05) is 18.2 Å². The lowest BCUT2D eigenvalue weighted by molar-refractivity contribution is -0.121. The summed E-state index contributed by atoms with van der Waals surface area (Å²) in [7, 11) is 0. The van der Waals surface area contributed by atoms with Gasteiger partial charge in [0.25, 0.3) is 0 Å². The molecule has 0 fully saturated rings. The molecular formula is C18H20N2O3. The van der Waals surface area contributed by atoms with Gasteiger partial charge in [0.05, 0.1) is 5.92 Å². The lowest BCUT2D eigenvalue weighted by Gasteiger charge is -2.24. The van der Waals surface area contributed by atoms with Crippen molar-refractivity contribution in [3.05, 3.63) is 54.1 Å². The van der Waals surface area contributed by atoms with Crippen molar-refractivity contribution in [2.45, 2.75) is 6.42 Å². The average Bonchev–Trinajstić information content (AvgIpc) is 2.60. The average molecular weight is 312 g/mol. The van der Waals surface area contributed by atoms with Crippen molar-refractivity contribution in [2.75, 3.05) is 25.1 Å². The van der Waals surface area contributed by atoms with Crippen LogP contribution in [0.15, 0.2) is 48.5 Å². The van der Waals surface area contributed by atoms with Crippen LogP contribution in [0, 0.1) is 5.92 Å². The Labute approximate surface area is 135 Å². The minimum atomic E-state index is -0.182. The van der Waals surface area contributed by atoms with Gasteiger partial charge in [-0.2, -0.15) is 0 Å². The number of nitrogens with two attached hydrogens (primary N) is 1. The van der Waals surface area contributed by atoms with E-state index in [0.717, 1.165) is 22.7 Å². The summed E-state index contributed by atoms with van der Waals surface area (Å²) in [5.74, 6) is 1.40. The summed E-state index contributed by atoms with van der Waals surface area (Å²) < 4.78 is 11.1. The highest BCUT2D eigenvalue weighted by atomic mass is 16.5. The molecule has 0 bridgehead atoms. The van der Waals surface area contributed by atoms with E-state index in [2.05, 4.69) is 5.32 Å². The molecule has 5 heteroatoms. The van der Waals surface area contributed by atoms with Gasteiger partial charge in [-0.05, 0) is 42.3 Å². The Morgan fingerprint density at radius 1 is 1.22 bits per heavy atom. The zero-order chi connectivity index (χ0) is 16.1. The molecule has 5 nitrogen and oxygen atoms in total. The molecule has 2 aromatic rings. The maximum atomic E-state index is 12.4. The summed E-state index contributed by atoms with van der Waals surface area (Å²) in [5, 5.41) is 2.93. The van der Waals surface area contributed by atoms with E-state index in [9.17, 15) is 4.79 Å². The first-order chi connectivity index (χ1) is 11.3. The lowest BCUT2D eigenvalue weighted by Crippen LogP contribution is -2.32. The molecule has 0 spiro atoms. The van der Waals surface area contributed by atoms with Crippen LogP contribution in [0.4, 0.5) is 5.69 Å². The number of amides is 1. The Morgan fingerprint density at radius 3 is 2.78 bits per heavy atom. The second kappa shape index (κ2) is 7.15. The first-order valence-corrected chi connectivity index (χ1v) is 7.71. The number of ether oxygens (including phenoxy) is 2. The van der Waals surface area contributed by atoms with Crippen molar-refractivity contribution in [1.29, 1.82) is 0 Å². The highest BCUT2D eigenvalue weighted by Gasteiger charge is 2.25. The van der Waals surface area contributed by atoms with Crippen molar-refractivity contribution < 1.29 is 14.3 Å². The molecule has 0 aliphatic carbocycles. The number of carbonyl (C=O) groups excluding carboxylic acids is 1. The molecule has 0 aromatic heterocycles. The number of para-hydroxylation sites is 1. The summed E-state index contributed by atoms with van der Waals surface area (Å²) >= 11 is 0. The van der Waals surface area contributed by atoms with Crippen molar-refractivity contribution >= 4 is 11.6 Å². The number of nitrogens with one attached hydrogen (secondary N) is 1. The number of fused-ring (bicyclic) bond motifs is 1. The Balaban J connectivity index is 1.59. The summed E-state index contributed by atoms with van der Waals surface area (Å²) in [6.45, 7) is 1.35. The highest BCUT2D eigenvalue weighted by Crippen LogP contribution is 2.27. The van der Waals surface area contributed by atoms with E-state index in [0.29, 0.717) is 26.2 Å². The third kappa shape index (κ3) is 3.81. The molecule has 0 saturated carbocycles. The van der Waals surface area contributed by atoms with E-state index < -0.39 is 0 Å². The summed E-state index contributed by atoms with van der Waals surface area (Å²) in [6.07, 6.45) is 0.694. The first-order valence-electron chi connectivity index (χ1n) is 7.71. The van der Waals surface area contributed by atoms with Crippen LogP contribution in [0.5, 0.6) is 11.5 Å². The number of rotatable bonds is 5. The summed E-state index contributed by atoms with van der Waals surface area (Å²) in [5.41, 5.74) is 7.21. The molecule has 0 radical (unpaired) electrons. The fourth-order valence-electron chi connectivity index (χ4n) is 2.55. The van der Waals surface area contributed by atoms with Crippen LogP contribution in [0.3, 0.4) is 0 Å². The zero-order valence-electron chi connectivity index (χ0n) is 12.8. The topological polar surface area (TPSA) is 73.6 Å². The maximum absolute atomic E-state index is 12.4. The van der Waals surface area contributed by atoms with Gasteiger partial charge in [-0.15, -0.1) is 0 Å². The quantitative estimate of drug-likeness (QED) is 0.888. The molecule has 3 N–H and O–H groups in total. The third-order valence-electron chi connectivity index (χ3n) is 3.76. The molecule has 1 aliphatic heterocycles.